The Kier molecular flexibility index (Phi) is 1.70. The molecule has 0 saturated heterocycles. The third-order valence-corrected chi connectivity index (χ3v) is 4.18. The highest BCUT2D eigenvalue weighted by Gasteiger charge is 2.50. The number of carbonyl (C=O) groups excluding carboxylic acids is 1. The van der Waals surface area contributed by atoms with Crippen molar-refractivity contribution in [1.29, 1.82) is 0 Å². The highest BCUT2D eigenvalue weighted by molar-refractivity contribution is 5.86. The van der Waals surface area contributed by atoms with Crippen molar-refractivity contribution in [3.8, 4) is 0 Å². The van der Waals surface area contributed by atoms with Crippen molar-refractivity contribution in [3.05, 3.63) is 12.2 Å². The van der Waals surface area contributed by atoms with Gasteiger partial charge in [-0.1, -0.05) is 32.9 Å². The first-order valence-corrected chi connectivity index (χ1v) is 5.15. The van der Waals surface area contributed by atoms with Crippen LogP contribution in [0.15, 0.2) is 12.2 Å². The Morgan fingerprint density at radius 3 is 2.62 bits per heavy atom. The quantitative estimate of drug-likeness (QED) is 0.521. The van der Waals surface area contributed by atoms with Gasteiger partial charge in [-0.05, 0) is 23.7 Å². The van der Waals surface area contributed by atoms with Gasteiger partial charge in [-0.25, -0.2) is 0 Å². The predicted molar refractivity (Wildman–Crippen MR) is 53.3 cm³/mol. The number of hydrogen-bond acceptors (Lipinski definition) is 1. The molecular formula is C12H18O. The van der Waals surface area contributed by atoms with Crippen molar-refractivity contribution in [2.75, 3.05) is 0 Å². The van der Waals surface area contributed by atoms with E-state index in [0.29, 0.717) is 23.0 Å². The van der Waals surface area contributed by atoms with E-state index in [1.54, 1.807) is 0 Å². The summed E-state index contributed by atoms with van der Waals surface area (Å²) in [5.41, 5.74) is 1.54. The molecule has 1 heteroatoms. The number of hydrogen-bond donors (Lipinski definition) is 0. The van der Waals surface area contributed by atoms with Crippen molar-refractivity contribution in [2.24, 2.45) is 23.2 Å². The normalized spacial score (nSPS) is 42.5. The van der Waals surface area contributed by atoms with Crippen molar-refractivity contribution >= 4 is 5.78 Å². The lowest BCUT2D eigenvalue weighted by Gasteiger charge is -2.52. The summed E-state index contributed by atoms with van der Waals surface area (Å²) in [5, 5.41) is 0. The summed E-state index contributed by atoms with van der Waals surface area (Å²) in [6, 6.07) is 0. The van der Waals surface area contributed by atoms with Crippen LogP contribution in [0, 0.1) is 23.2 Å². The van der Waals surface area contributed by atoms with Crippen LogP contribution in [0.25, 0.3) is 0 Å². The van der Waals surface area contributed by atoms with Crippen LogP contribution in [0.2, 0.25) is 0 Å². The summed E-state index contributed by atoms with van der Waals surface area (Å²) in [6.07, 6.45) is 1.82. The van der Waals surface area contributed by atoms with E-state index >= 15 is 0 Å². The van der Waals surface area contributed by atoms with Gasteiger partial charge in [0.1, 0.15) is 5.78 Å². The van der Waals surface area contributed by atoms with E-state index < -0.39 is 0 Å². The fourth-order valence-corrected chi connectivity index (χ4v) is 3.19. The molecule has 0 unspecified atom stereocenters. The smallest absolute Gasteiger partial charge is 0.140 e. The summed E-state index contributed by atoms with van der Waals surface area (Å²) in [5.74, 6) is 1.70. The molecule has 3 saturated carbocycles. The number of ketones is 1. The van der Waals surface area contributed by atoms with Crippen LogP contribution in [-0.4, -0.2) is 5.78 Å². The molecule has 0 aromatic carbocycles. The lowest BCUT2D eigenvalue weighted by Crippen LogP contribution is -2.48. The van der Waals surface area contributed by atoms with Crippen molar-refractivity contribution in [1.82, 2.24) is 0 Å². The van der Waals surface area contributed by atoms with Crippen LogP contribution in [0.1, 0.15) is 33.6 Å². The Balaban J connectivity index is 2.38. The Bertz CT molecular complexity index is 275. The van der Waals surface area contributed by atoms with Gasteiger partial charge in [-0.2, -0.15) is 0 Å². The second-order valence-electron chi connectivity index (χ2n) is 5.39. The summed E-state index contributed by atoms with van der Waals surface area (Å²) in [6.45, 7) is 10.9. The van der Waals surface area contributed by atoms with Gasteiger partial charge in [0.25, 0.3) is 0 Å². The van der Waals surface area contributed by atoms with E-state index in [1.165, 1.54) is 5.57 Å². The molecule has 0 amide bonds. The second kappa shape index (κ2) is 2.46. The maximum atomic E-state index is 11.6. The Morgan fingerprint density at radius 1 is 1.46 bits per heavy atom. The van der Waals surface area contributed by atoms with Gasteiger partial charge < -0.3 is 0 Å². The standard InChI is InChI=1S/C12H18O/c1-7-8(2)10-5-11(13)9(7)6-12(10,3)4/h8-10H,1,5-6H2,2-4H3/t8-,9-,10-/m1/s1. The maximum absolute atomic E-state index is 11.6. The van der Waals surface area contributed by atoms with Crippen molar-refractivity contribution in [2.45, 2.75) is 33.6 Å². The zero-order valence-corrected chi connectivity index (χ0v) is 8.76. The van der Waals surface area contributed by atoms with E-state index in [-0.39, 0.29) is 5.92 Å². The van der Waals surface area contributed by atoms with E-state index in [0.717, 1.165) is 12.8 Å². The molecule has 3 aliphatic carbocycles. The largest absolute Gasteiger partial charge is 0.299 e. The van der Waals surface area contributed by atoms with Gasteiger partial charge in [0.05, 0.1) is 0 Å². The fraction of sp³-hybridized carbons (Fsp3) is 0.750. The Hall–Kier alpha value is -0.590. The SMILES string of the molecule is C=C1[C@H]2CC(C)(C)[C@H](CC2=O)[C@@H]1C. The molecule has 72 valence electrons. The fourth-order valence-electron chi connectivity index (χ4n) is 3.19. The molecule has 1 nitrogen and oxygen atoms in total. The molecule has 0 aromatic rings. The average Bonchev–Trinajstić information content (AvgIpc) is 2.03. The summed E-state index contributed by atoms with van der Waals surface area (Å²) >= 11 is 0. The van der Waals surface area contributed by atoms with Crippen LogP contribution in [0.4, 0.5) is 0 Å². The molecule has 13 heavy (non-hydrogen) atoms. The summed E-state index contributed by atoms with van der Waals surface area (Å²) in [7, 11) is 0. The molecular weight excluding hydrogens is 160 g/mol. The first kappa shape index (κ1) is 8.98. The van der Waals surface area contributed by atoms with Crippen molar-refractivity contribution in [3.63, 3.8) is 0 Å². The highest BCUT2D eigenvalue weighted by Crippen LogP contribution is 2.55. The molecule has 3 atom stereocenters. The summed E-state index contributed by atoms with van der Waals surface area (Å²) < 4.78 is 0. The minimum atomic E-state index is 0.176. The number of rotatable bonds is 0. The summed E-state index contributed by atoms with van der Waals surface area (Å²) in [4.78, 5) is 11.6. The average molecular weight is 178 g/mol. The number of Topliss-reactive ketones (excluding diaryl/α,β-unsaturated/α-hetero) is 1. The van der Waals surface area contributed by atoms with Gasteiger partial charge in [0.2, 0.25) is 0 Å². The zero-order valence-electron chi connectivity index (χ0n) is 8.76. The molecule has 0 spiro atoms. The minimum absolute atomic E-state index is 0.176. The molecule has 0 N–H and O–H groups in total. The van der Waals surface area contributed by atoms with E-state index in [4.69, 9.17) is 0 Å². The maximum Gasteiger partial charge on any atom is 0.140 e. The molecule has 0 aliphatic heterocycles. The van der Waals surface area contributed by atoms with Gasteiger partial charge >= 0.3 is 0 Å². The van der Waals surface area contributed by atoms with Crippen LogP contribution in [0.3, 0.4) is 0 Å². The first-order chi connectivity index (χ1) is 5.93. The van der Waals surface area contributed by atoms with Crippen molar-refractivity contribution < 1.29 is 4.79 Å². The molecule has 0 heterocycles. The van der Waals surface area contributed by atoms with Gasteiger partial charge in [0, 0.05) is 12.3 Å². The van der Waals surface area contributed by atoms with Gasteiger partial charge in [0.15, 0.2) is 0 Å². The van der Waals surface area contributed by atoms with Crippen LogP contribution in [0.5, 0.6) is 0 Å². The Labute approximate surface area is 80.2 Å². The third-order valence-electron chi connectivity index (χ3n) is 4.18. The van der Waals surface area contributed by atoms with Gasteiger partial charge in [-0.3, -0.25) is 4.79 Å². The molecule has 3 rings (SSSR count). The minimum Gasteiger partial charge on any atom is -0.299 e. The molecule has 0 aromatic heterocycles. The number of carbonyl (C=O) groups is 1. The molecule has 3 fully saturated rings. The molecule has 3 aliphatic rings. The highest BCUT2D eigenvalue weighted by atomic mass is 16.1. The lowest BCUT2D eigenvalue weighted by atomic mass is 9.52. The Morgan fingerprint density at radius 2 is 2.08 bits per heavy atom. The van der Waals surface area contributed by atoms with Crippen LogP contribution < -0.4 is 0 Å². The lowest BCUT2D eigenvalue weighted by molar-refractivity contribution is -0.133. The predicted octanol–water partition coefficient (Wildman–Crippen LogP) is 2.81. The van der Waals surface area contributed by atoms with E-state index in [1.807, 2.05) is 0 Å². The molecule has 0 radical (unpaired) electrons. The number of allylic oxidation sites excluding steroid dienone is 1. The monoisotopic (exact) mass is 178 g/mol. The third kappa shape index (κ3) is 1.09. The van der Waals surface area contributed by atoms with Gasteiger partial charge in [-0.15, -0.1) is 0 Å². The van der Waals surface area contributed by atoms with E-state index in [2.05, 4.69) is 27.4 Å². The topological polar surface area (TPSA) is 17.1 Å². The number of fused-ring (bicyclic) bond motifs is 3. The van der Waals surface area contributed by atoms with E-state index in [9.17, 15) is 4.79 Å². The zero-order chi connectivity index (χ0) is 9.80. The molecule has 2 bridgehead atoms. The van der Waals surface area contributed by atoms with Crippen LogP contribution in [-0.2, 0) is 4.79 Å². The second-order valence-corrected chi connectivity index (χ2v) is 5.39. The van der Waals surface area contributed by atoms with Crippen LogP contribution >= 0.6 is 0 Å². The first-order valence-electron chi connectivity index (χ1n) is 5.15.